The molecule has 1 aromatic carbocycles. The summed E-state index contributed by atoms with van der Waals surface area (Å²) in [7, 11) is 0. The second-order valence-electron chi connectivity index (χ2n) is 5.36. The number of carboxylic acid groups (broad SMARTS) is 1. The maximum absolute atomic E-state index is 12.1. The highest BCUT2D eigenvalue weighted by molar-refractivity contribution is 7.16. The number of aromatic nitrogens is 1. The van der Waals surface area contributed by atoms with Crippen LogP contribution in [0.5, 0.6) is 11.5 Å². The van der Waals surface area contributed by atoms with Crippen LogP contribution >= 0.6 is 11.3 Å². The summed E-state index contributed by atoms with van der Waals surface area (Å²) < 4.78 is 10.5. The largest absolute Gasteiger partial charge is 0.479 e. The number of hydrogen-bond acceptors (Lipinski definition) is 7. The molecule has 1 atom stereocenters. The van der Waals surface area contributed by atoms with Gasteiger partial charge in [-0.05, 0) is 25.1 Å². The molecule has 0 spiro atoms. The van der Waals surface area contributed by atoms with Crippen LogP contribution in [0.15, 0.2) is 24.4 Å². The SMILES string of the molecule is CC(O)(CNC(=O)c1cnc(-c2ccc3c(c2)OCO3)s1)C(=O)O. The van der Waals surface area contributed by atoms with Gasteiger partial charge in [0.2, 0.25) is 6.79 Å². The predicted molar refractivity (Wildman–Crippen MR) is 84.3 cm³/mol. The van der Waals surface area contributed by atoms with Gasteiger partial charge in [-0.25, -0.2) is 9.78 Å². The number of amides is 1. The molecule has 126 valence electrons. The van der Waals surface area contributed by atoms with Gasteiger partial charge in [0.1, 0.15) is 9.88 Å². The van der Waals surface area contributed by atoms with Gasteiger partial charge in [0.05, 0.1) is 12.7 Å². The van der Waals surface area contributed by atoms with Crippen molar-refractivity contribution in [2.75, 3.05) is 13.3 Å². The van der Waals surface area contributed by atoms with E-state index in [0.717, 1.165) is 23.8 Å². The molecule has 1 amide bonds. The summed E-state index contributed by atoms with van der Waals surface area (Å²) >= 11 is 1.15. The molecule has 3 N–H and O–H groups in total. The van der Waals surface area contributed by atoms with Crippen LogP contribution in [0.3, 0.4) is 0 Å². The lowest BCUT2D eigenvalue weighted by Crippen LogP contribution is -2.46. The summed E-state index contributed by atoms with van der Waals surface area (Å²) in [5, 5.41) is 21.4. The number of carbonyl (C=O) groups excluding carboxylic acids is 1. The third-order valence-corrected chi connectivity index (χ3v) is 4.45. The van der Waals surface area contributed by atoms with E-state index in [-0.39, 0.29) is 6.79 Å². The highest BCUT2D eigenvalue weighted by atomic mass is 32.1. The van der Waals surface area contributed by atoms with E-state index in [0.29, 0.717) is 21.4 Å². The Balaban J connectivity index is 1.71. The van der Waals surface area contributed by atoms with E-state index in [2.05, 4.69) is 10.3 Å². The number of ether oxygens (including phenoxy) is 2. The third kappa shape index (κ3) is 3.17. The number of aliphatic carboxylic acids is 1. The number of hydrogen-bond donors (Lipinski definition) is 3. The van der Waals surface area contributed by atoms with Gasteiger partial charge in [-0.15, -0.1) is 11.3 Å². The van der Waals surface area contributed by atoms with Gasteiger partial charge in [0, 0.05) is 5.56 Å². The van der Waals surface area contributed by atoms with E-state index >= 15 is 0 Å². The topological polar surface area (TPSA) is 118 Å². The minimum absolute atomic E-state index is 0.174. The van der Waals surface area contributed by atoms with Crippen LogP contribution in [-0.4, -0.2) is 46.0 Å². The Kier molecular flexibility index (Phi) is 4.12. The molecule has 0 aliphatic carbocycles. The lowest BCUT2D eigenvalue weighted by molar-refractivity contribution is -0.155. The standard InChI is InChI=1S/C15H14N2O6S/c1-15(21,14(19)20)6-17-12(18)11-5-16-13(24-11)8-2-3-9-10(4-8)23-7-22-9/h2-5,21H,6-7H2,1H3,(H,17,18)(H,19,20). The van der Waals surface area contributed by atoms with Crippen molar-refractivity contribution in [2.24, 2.45) is 0 Å². The zero-order valence-corrected chi connectivity index (χ0v) is 13.4. The first-order chi connectivity index (χ1) is 11.4. The summed E-state index contributed by atoms with van der Waals surface area (Å²) in [4.78, 5) is 27.4. The molecular formula is C15H14N2O6S. The molecule has 0 radical (unpaired) electrons. The van der Waals surface area contributed by atoms with Crippen LogP contribution in [0.2, 0.25) is 0 Å². The minimum Gasteiger partial charge on any atom is -0.479 e. The van der Waals surface area contributed by atoms with E-state index in [1.54, 1.807) is 12.1 Å². The van der Waals surface area contributed by atoms with Crippen molar-refractivity contribution < 1.29 is 29.3 Å². The molecular weight excluding hydrogens is 336 g/mol. The van der Waals surface area contributed by atoms with Gasteiger partial charge in [0.25, 0.3) is 5.91 Å². The third-order valence-electron chi connectivity index (χ3n) is 3.40. The van der Waals surface area contributed by atoms with Crippen LogP contribution in [0, 0.1) is 0 Å². The average Bonchev–Trinajstić information content (AvgIpc) is 3.20. The quantitative estimate of drug-likeness (QED) is 0.739. The molecule has 2 heterocycles. The first-order valence-corrected chi connectivity index (χ1v) is 7.78. The molecule has 1 aliphatic heterocycles. The highest BCUT2D eigenvalue weighted by Crippen LogP contribution is 2.36. The number of thiazole rings is 1. The van der Waals surface area contributed by atoms with Crippen molar-refractivity contribution >= 4 is 23.2 Å². The monoisotopic (exact) mass is 350 g/mol. The van der Waals surface area contributed by atoms with Gasteiger partial charge in [-0.1, -0.05) is 0 Å². The fourth-order valence-corrected chi connectivity index (χ4v) is 2.79. The van der Waals surface area contributed by atoms with Crippen molar-refractivity contribution in [1.82, 2.24) is 10.3 Å². The smallest absolute Gasteiger partial charge is 0.337 e. The minimum atomic E-state index is -2.03. The zero-order chi connectivity index (χ0) is 17.3. The van der Waals surface area contributed by atoms with E-state index in [4.69, 9.17) is 14.6 Å². The Morgan fingerprint density at radius 1 is 1.38 bits per heavy atom. The normalized spacial score (nSPS) is 14.9. The molecule has 9 heteroatoms. The summed E-state index contributed by atoms with van der Waals surface area (Å²) in [5.41, 5.74) is -1.25. The van der Waals surface area contributed by atoms with Crippen LogP contribution < -0.4 is 14.8 Å². The average molecular weight is 350 g/mol. The Bertz CT molecular complexity index is 801. The number of rotatable bonds is 5. The number of nitrogens with zero attached hydrogens (tertiary/aromatic N) is 1. The van der Waals surface area contributed by atoms with Crippen LogP contribution in [0.25, 0.3) is 10.6 Å². The van der Waals surface area contributed by atoms with E-state index in [1.165, 1.54) is 6.20 Å². The van der Waals surface area contributed by atoms with E-state index in [9.17, 15) is 14.7 Å². The predicted octanol–water partition coefficient (Wildman–Crippen LogP) is 1.10. The Labute approximate surface area is 140 Å². The molecule has 0 fully saturated rings. The number of nitrogens with one attached hydrogen (secondary N) is 1. The lowest BCUT2D eigenvalue weighted by Gasteiger charge is -2.17. The molecule has 0 saturated heterocycles. The van der Waals surface area contributed by atoms with Gasteiger partial charge in [-0.3, -0.25) is 4.79 Å². The van der Waals surface area contributed by atoms with E-state index in [1.807, 2.05) is 6.07 Å². The van der Waals surface area contributed by atoms with Crippen molar-refractivity contribution in [3.63, 3.8) is 0 Å². The molecule has 1 aliphatic rings. The van der Waals surface area contributed by atoms with Gasteiger partial charge in [-0.2, -0.15) is 0 Å². The van der Waals surface area contributed by atoms with Crippen LogP contribution in [0.1, 0.15) is 16.6 Å². The first kappa shape index (κ1) is 16.2. The van der Waals surface area contributed by atoms with E-state index < -0.39 is 24.0 Å². The second-order valence-corrected chi connectivity index (χ2v) is 6.39. The number of carbonyl (C=O) groups is 2. The molecule has 0 saturated carbocycles. The molecule has 0 bridgehead atoms. The summed E-state index contributed by atoms with van der Waals surface area (Å²) in [5.74, 6) is -0.635. The van der Waals surface area contributed by atoms with Gasteiger partial charge < -0.3 is 25.0 Å². The zero-order valence-electron chi connectivity index (χ0n) is 12.6. The summed E-state index contributed by atoms with van der Waals surface area (Å²) in [6, 6.07) is 5.35. The van der Waals surface area contributed by atoms with Crippen molar-refractivity contribution in [1.29, 1.82) is 0 Å². The number of fused-ring (bicyclic) bond motifs is 1. The maximum Gasteiger partial charge on any atom is 0.337 e. The molecule has 2 aromatic rings. The van der Waals surface area contributed by atoms with Gasteiger partial charge in [0.15, 0.2) is 17.1 Å². The number of benzene rings is 1. The van der Waals surface area contributed by atoms with Crippen molar-refractivity contribution in [2.45, 2.75) is 12.5 Å². The van der Waals surface area contributed by atoms with Crippen LogP contribution in [-0.2, 0) is 4.79 Å². The second kappa shape index (κ2) is 6.10. The fourth-order valence-electron chi connectivity index (χ4n) is 1.96. The highest BCUT2D eigenvalue weighted by Gasteiger charge is 2.30. The molecule has 1 aromatic heterocycles. The Morgan fingerprint density at radius 2 is 2.12 bits per heavy atom. The van der Waals surface area contributed by atoms with Crippen molar-refractivity contribution in [3.05, 3.63) is 29.3 Å². The molecule has 3 rings (SSSR count). The van der Waals surface area contributed by atoms with Crippen molar-refractivity contribution in [3.8, 4) is 22.1 Å². The summed E-state index contributed by atoms with van der Waals surface area (Å²) in [6.07, 6.45) is 1.40. The van der Waals surface area contributed by atoms with Gasteiger partial charge >= 0.3 is 5.97 Å². The lowest BCUT2D eigenvalue weighted by atomic mass is 10.1. The maximum atomic E-state index is 12.1. The molecule has 8 nitrogen and oxygen atoms in total. The number of aliphatic hydroxyl groups is 1. The molecule has 24 heavy (non-hydrogen) atoms. The van der Waals surface area contributed by atoms with Crippen LogP contribution in [0.4, 0.5) is 0 Å². The first-order valence-electron chi connectivity index (χ1n) is 6.96. The Hall–Kier alpha value is -2.65. The molecule has 1 unspecified atom stereocenters. The summed E-state index contributed by atoms with van der Waals surface area (Å²) in [6.45, 7) is 0.882. The fraction of sp³-hybridized carbons (Fsp3) is 0.267. The number of carboxylic acids is 1. The Morgan fingerprint density at radius 3 is 2.88 bits per heavy atom.